The second-order valence-corrected chi connectivity index (χ2v) is 8.18. The van der Waals surface area contributed by atoms with Crippen LogP contribution in [0.15, 0.2) is 17.9 Å². The third-order valence-electron chi connectivity index (χ3n) is 3.41. The third kappa shape index (κ3) is 4.71. The minimum Gasteiger partial charge on any atom is -0.377 e. The molecule has 0 saturated carbocycles. The molecular formula is C14H12Br4N2O6. The van der Waals surface area contributed by atoms with Crippen molar-refractivity contribution in [2.24, 2.45) is 0 Å². The molecule has 2 rings (SSSR count). The van der Waals surface area contributed by atoms with Crippen LogP contribution in [0.4, 0.5) is 0 Å². The van der Waals surface area contributed by atoms with Crippen LogP contribution in [0.5, 0.6) is 0 Å². The zero-order valence-electron chi connectivity index (χ0n) is 13.1. The highest BCUT2D eigenvalue weighted by atomic mass is 79.9. The molecule has 0 radical (unpaired) electrons. The summed E-state index contributed by atoms with van der Waals surface area (Å²) in [5.41, 5.74) is 0. The van der Waals surface area contributed by atoms with E-state index in [4.69, 9.17) is 9.47 Å². The number of ether oxygens (including phenoxy) is 2. The fraction of sp³-hybridized carbons (Fsp3) is 0.429. The molecule has 0 aromatic rings. The van der Waals surface area contributed by atoms with E-state index in [1.165, 1.54) is 0 Å². The Morgan fingerprint density at radius 2 is 0.808 bits per heavy atom. The Bertz CT molecular complexity index is 612. The van der Waals surface area contributed by atoms with Gasteiger partial charge < -0.3 is 9.47 Å². The average Bonchev–Trinajstić information content (AvgIpc) is 2.92. The van der Waals surface area contributed by atoms with Crippen molar-refractivity contribution in [2.45, 2.75) is 0 Å². The van der Waals surface area contributed by atoms with Gasteiger partial charge in [0, 0.05) is 0 Å². The highest BCUT2D eigenvalue weighted by Gasteiger charge is 2.36. The van der Waals surface area contributed by atoms with Crippen molar-refractivity contribution in [1.82, 2.24) is 9.80 Å². The summed E-state index contributed by atoms with van der Waals surface area (Å²) in [4.78, 5) is 49.3. The molecule has 142 valence electrons. The molecule has 0 unspecified atom stereocenters. The maximum absolute atomic E-state index is 11.8. The lowest BCUT2D eigenvalue weighted by Crippen LogP contribution is -2.35. The maximum Gasteiger partial charge on any atom is 0.269 e. The van der Waals surface area contributed by atoms with Gasteiger partial charge in [-0.25, -0.2) is 0 Å². The van der Waals surface area contributed by atoms with Crippen molar-refractivity contribution in [3.63, 3.8) is 0 Å². The van der Waals surface area contributed by atoms with Crippen molar-refractivity contribution in [3.8, 4) is 0 Å². The molecule has 0 atom stereocenters. The van der Waals surface area contributed by atoms with Gasteiger partial charge in [-0.15, -0.1) is 0 Å². The minimum atomic E-state index is -0.410. The first kappa shape index (κ1) is 21.9. The van der Waals surface area contributed by atoms with E-state index in [0.29, 0.717) is 0 Å². The smallest absolute Gasteiger partial charge is 0.269 e. The second-order valence-electron chi connectivity index (χ2n) is 5.00. The first-order valence-electron chi connectivity index (χ1n) is 7.25. The molecule has 0 aliphatic carbocycles. The highest BCUT2D eigenvalue weighted by molar-refractivity contribution is 9.15. The standard InChI is InChI=1S/C14H12Br4N2O6/c15-7-8(16)12(22)19(11(7)21)1-3-25-5-6-26-4-2-20-13(23)9(17)10(18)14(20)24/h1-6H2. The Kier molecular flexibility index (Phi) is 8.16. The van der Waals surface area contributed by atoms with Crippen molar-refractivity contribution in [2.75, 3.05) is 39.5 Å². The normalized spacial score (nSPS) is 18.3. The molecule has 4 amide bonds. The predicted octanol–water partition coefficient (Wildman–Crippen LogP) is 1.76. The summed E-state index contributed by atoms with van der Waals surface area (Å²) in [5, 5.41) is 0. The molecule has 12 heteroatoms. The molecule has 0 fully saturated rings. The van der Waals surface area contributed by atoms with Crippen LogP contribution >= 0.6 is 63.7 Å². The molecule has 0 bridgehead atoms. The van der Waals surface area contributed by atoms with E-state index in [9.17, 15) is 19.2 Å². The van der Waals surface area contributed by atoms with Crippen LogP contribution in [0.25, 0.3) is 0 Å². The zero-order chi connectivity index (χ0) is 19.4. The summed E-state index contributed by atoms with van der Waals surface area (Å²) in [5.74, 6) is -1.64. The number of hydrogen-bond donors (Lipinski definition) is 0. The largest absolute Gasteiger partial charge is 0.377 e. The number of hydrogen-bond acceptors (Lipinski definition) is 6. The van der Waals surface area contributed by atoms with Crippen molar-refractivity contribution in [1.29, 1.82) is 0 Å². The molecular weight excluding hydrogens is 612 g/mol. The Morgan fingerprint density at radius 1 is 0.538 bits per heavy atom. The fourth-order valence-corrected chi connectivity index (χ4v) is 3.61. The molecule has 0 spiro atoms. The van der Waals surface area contributed by atoms with Crippen LogP contribution in [0.1, 0.15) is 0 Å². The van der Waals surface area contributed by atoms with E-state index in [-0.39, 0.29) is 57.4 Å². The quantitative estimate of drug-likeness (QED) is 0.287. The van der Waals surface area contributed by atoms with Crippen LogP contribution in [-0.2, 0) is 28.7 Å². The molecule has 2 aliphatic heterocycles. The van der Waals surface area contributed by atoms with Crippen LogP contribution in [0.3, 0.4) is 0 Å². The van der Waals surface area contributed by atoms with E-state index in [1.54, 1.807) is 0 Å². The summed E-state index contributed by atoms with van der Waals surface area (Å²) >= 11 is 12.2. The molecule has 26 heavy (non-hydrogen) atoms. The number of rotatable bonds is 9. The first-order chi connectivity index (χ1) is 12.3. The predicted molar refractivity (Wildman–Crippen MR) is 105 cm³/mol. The summed E-state index contributed by atoms with van der Waals surface area (Å²) in [6.45, 7) is 1.11. The van der Waals surface area contributed by atoms with Crippen molar-refractivity contribution < 1.29 is 28.7 Å². The minimum absolute atomic E-state index is 0.131. The van der Waals surface area contributed by atoms with Crippen LogP contribution < -0.4 is 0 Å². The van der Waals surface area contributed by atoms with Gasteiger partial charge in [0.2, 0.25) is 0 Å². The van der Waals surface area contributed by atoms with Crippen LogP contribution in [-0.4, -0.2) is 72.9 Å². The van der Waals surface area contributed by atoms with E-state index in [1.807, 2.05) is 0 Å². The van der Waals surface area contributed by atoms with Gasteiger partial charge in [0.15, 0.2) is 0 Å². The summed E-state index contributed by atoms with van der Waals surface area (Å²) < 4.78 is 11.4. The SMILES string of the molecule is O=C1C(Br)=C(Br)C(=O)N1CCOCCOCCN1C(=O)C(Br)=C(Br)C1=O. The second kappa shape index (κ2) is 9.69. The number of halogens is 4. The number of carbonyl (C=O) groups is 4. The molecule has 2 heterocycles. The Hall–Kier alpha value is -0.400. The Balaban J connectivity index is 1.56. The van der Waals surface area contributed by atoms with Crippen molar-refractivity contribution >= 4 is 87.3 Å². The maximum atomic E-state index is 11.8. The van der Waals surface area contributed by atoms with Gasteiger partial charge in [0.05, 0.1) is 39.5 Å². The number of nitrogens with zero attached hydrogens (tertiary/aromatic N) is 2. The fourth-order valence-electron chi connectivity index (χ4n) is 2.07. The molecule has 0 aromatic carbocycles. The van der Waals surface area contributed by atoms with Crippen molar-refractivity contribution in [3.05, 3.63) is 17.9 Å². The van der Waals surface area contributed by atoms with Crippen LogP contribution in [0, 0.1) is 0 Å². The summed E-state index contributed by atoms with van der Waals surface area (Å²) in [6.07, 6.45) is 0. The molecule has 0 saturated heterocycles. The van der Waals surface area contributed by atoms with E-state index in [0.717, 1.165) is 9.80 Å². The number of carbonyl (C=O) groups excluding carboxylic acids is 4. The Labute approximate surface area is 182 Å². The monoisotopic (exact) mass is 620 g/mol. The van der Waals surface area contributed by atoms with Crippen LogP contribution in [0.2, 0.25) is 0 Å². The van der Waals surface area contributed by atoms with Gasteiger partial charge in [-0.3, -0.25) is 29.0 Å². The molecule has 0 aromatic heterocycles. The lowest BCUT2D eigenvalue weighted by molar-refractivity contribution is -0.139. The van der Waals surface area contributed by atoms with E-state index < -0.39 is 23.6 Å². The summed E-state index contributed by atoms with van der Waals surface area (Å²) in [7, 11) is 0. The lowest BCUT2D eigenvalue weighted by atomic mass is 10.5. The number of amides is 4. The molecule has 0 N–H and O–H groups in total. The topological polar surface area (TPSA) is 93.2 Å². The first-order valence-corrected chi connectivity index (χ1v) is 10.4. The summed E-state index contributed by atoms with van der Waals surface area (Å²) in [6, 6.07) is 0. The highest BCUT2D eigenvalue weighted by Crippen LogP contribution is 2.29. The van der Waals surface area contributed by atoms with Gasteiger partial charge in [-0.1, -0.05) is 0 Å². The van der Waals surface area contributed by atoms with Gasteiger partial charge in [0.25, 0.3) is 23.6 Å². The third-order valence-corrected chi connectivity index (χ3v) is 7.41. The van der Waals surface area contributed by atoms with Gasteiger partial charge in [-0.2, -0.15) is 0 Å². The average molecular weight is 624 g/mol. The van der Waals surface area contributed by atoms with Gasteiger partial charge >= 0.3 is 0 Å². The van der Waals surface area contributed by atoms with Gasteiger partial charge in [-0.05, 0) is 63.7 Å². The lowest BCUT2D eigenvalue weighted by Gasteiger charge is -2.15. The molecule has 8 nitrogen and oxygen atoms in total. The molecule has 2 aliphatic rings. The number of imide groups is 2. The van der Waals surface area contributed by atoms with E-state index >= 15 is 0 Å². The Morgan fingerprint density at radius 3 is 1.08 bits per heavy atom. The zero-order valence-corrected chi connectivity index (χ0v) is 19.4. The van der Waals surface area contributed by atoms with E-state index in [2.05, 4.69) is 63.7 Å². The van der Waals surface area contributed by atoms with Gasteiger partial charge in [0.1, 0.15) is 17.9 Å².